The molecule has 0 aliphatic heterocycles. The number of thiophene rings is 1. The fraction of sp³-hybridized carbons (Fsp3) is 0.500. The molecule has 2 rings (SSSR count). The highest BCUT2D eigenvalue weighted by Crippen LogP contribution is 2.14. The molecule has 0 aliphatic carbocycles. The van der Waals surface area contributed by atoms with Gasteiger partial charge >= 0.3 is 0 Å². The van der Waals surface area contributed by atoms with Crippen molar-refractivity contribution in [1.82, 2.24) is 9.97 Å². The van der Waals surface area contributed by atoms with Crippen molar-refractivity contribution in [3.63, 3.8) is 0 Å². The number of aromatic nitrogens is 2. The molecule has 2 nitrogen and oxygen atoms in total. The van der Waals surface area contributed by atoms with Gasteiger partial charge in [0.05, 0.1) is 0 Å². The first kappa shape index (κ1) is 14.0. The highest BCUT2D eigenvalue weighted by Gasteiger charge is 1.90. The van der Waals surface area contributed by atoms with E-state index in [4.69, 9.17) is 0 Å². The van der Waals surface area contributed by atoms with Crippen LogP contribution >= 0.6 is 11.3 Å². The Morgan fingerprint density at radius 1 is 1.20 bits per heavy atom. The van der Waals surface area contributed by atoms with Crippen LogP contribution in [0.2, 0.25) is 0 Å². The van der Waals surface area contributed by atoms with Gasteiger partial charge in [-0.05, 0) is 17.4 Å². The van der Waals surface area contributed by atoms with Gasteiger partial charge in [-0.1, -0.05) is 34.6 Å². The molecular formula is C12H20N2S. The zero-order valence-corrected chi connectivity index (χ0v) is 11.0. The van der Waals surface area contributed by atoms with Gasteiger partial charge in [0.2, 0.25) is 0 Å². The number of rotatable bonds is 0. The molecule has 0 saturated carbocycles. The van der Waals surface area contributed by atoms with E-state index < -0.39 is 0 Å². The standard InChI is InChI=1S/C6H4N2S.C4H10.C2H6/c1-2-9-6-5(1)3-7-4-8-6;1-4(2)3;1-2/h1-4H;4H,1-3H3;1-2H3. The predicted octanol–water partition coefficient (Wildman–Crippen LogP) is 4.38. The molecule has 84 valence electrons. The van der Waals surface area contributed by atoms with Gasteiger partial charge in [-0.25, -0.2) is 9.97 Å². The van der Waals surface area contributed by atoms with Crippen molar-refractivity contribution >= 4 is 21.6 Å². The van der Waals surface area contributed by atoms with Crippen LogP contribution in [0.5, 0.6) is 0 Å². The normalized spacial score (nSPS) is 8.93. The lowest BCUT2D eigenvalue weighted by molar-refractivity contribution is 0.737. The minimum Gasteiger partial charge on any atom is -0.244 e. The molecule has 0 amide bonds. The maximum Gasteiger partial charge on any atom is 0.126 e. The molecular weight excluding hydrogens is 204 g/mol. The summed E-state index contributed by atoms with van der Waals surface area (Å²) in [5, 5.41) is 3.14. The molecule has 0 saturated heterocycles. The highest BCUT2D eigenvalue weighted by atomic mass is 32.1. The van der Waals surface area contributed by atoms with Crippen molar-refractivity contribution in [2.24, 2.45) is 5.92 Å². The summed E-state index contributed by atoms with van der Waals surface area (Å²) in [6, 6.07) is 2.01. The van der Waals surface area contributed by atoms with E-state index in [-0.39, 0.29) is 0 Å². The Labute approximate surface area is 96.4 Å². The smallest absolute Gasteiger partial charge is 0.126 e. The van der Waals surface area contributed by atoms with Crippen LogP contribution in [0, 0.1) is 5.92 Å². The van der Waals surface area contributed by atoms with E-state index in [2.05, 4.69) is 30.7 Å². The molecule has 0 bridgehead atoms. The molecule has 0 unspecified atom stereocenters. The molecule has 0 atom stereocenters. The SMILES string of the molecule is CC.CC(C)C.c1ncc2ccsc2n1. The van der Waals surface area contributed by atoms with Crippen LogP contribution in [0.4, 0.5) is 0 Å². The molecule has 2 heterocycles. The van der Waals surface area contributed by atoms with E-state index in [9.17, 15) is 0 Å². The molecule has 15 heavy (non-hydrogen) atoms. The summed E-state index contributed by atoms with van der Waals surface area (Å²) in [6.45, 7) is 10.5. The summed E-state index contributed by atoms with van der Waals surface area (Å²) in [5.74, 6) is 0.833. The predicted molar refractivity (Wildman–Crippen MR) is 69.3 cm³/mol. The largest absolute Gasteiger partial charge is 0.244 e. The Bertz CT molecular complexity index is 322. The lowest BCUT2D eigenvalue weighted by atomic mass is 10.3. The quantitative estimate of drug-likeness (QED) is 0.663. The van der Waals surface area contributed by atoms with Gasteiger partial charge in [-0.15, -0.1) is 11.3 Å². The van der Waals surface area contributed by atoms with Crippen LogP contribution in [-0.2, 0) is 0 Å². The van der Waals surface area contributed by atoms with Crippen molar-refractivity contribution < 1.29 is 0 Å². The number of fused-ring (bicyclic) bond motifs is 1. The second-order valence-electron chi connectivity index (χ2n) is 3.44. The second-order valence-corrected chi connectivity index (χ2v) is 4.33. The van der Waals surface area contributed by atoms with Gasteiger partial charge in [-0.3, -0.25) is 0 Å². The van der Waals surface area contributed by atoms with E-state index in [0.29, 0.717) is 0 Å². The molecule has 2 aromatic heterocycles. The molecule has 0 spiro atoms. The van der Waals surface area contributed by atoms with E-state index in [0.717, 1.165) is 16.1 Å². The zero-order valence-electron chi connectivity index (χ0n) is 10.2. The average Bonchev–Trinajstić information content (AvgIpc) is 2.67. The summed E-state index contributed by atoms with van der Waals surface area (Å²) < 4.78 is 0. The van der Waals surface area contributed by atoms with E-state index in [1.807, 2.05) is 31.5 Å². The van der Waals surface area contributed by atoms with Crippen molar-refractivity contribution in [3.8, 4) is 0 Å². The van der Waals surface area contributed by atoms with Crippen molar-refractivity contribution in [3.05, 3.63) is 24.0 Å². The first-order valence-corrected chi connectivity index (χ1v) is 6.21. The minimum absolute atomic E-state index is 0.833. The van der Waals surface area contributed by atoms with Gasteiger partial charge in [0.15, 0.2) is 0 Å². The maximum absolute atomic E-state index is 4.05. The van der Waals surface area contributed by atoms with Gasteiger partial charge in [-0.2, -0.15) is 0 Å². The Kier molecular flexibility index (Phi) is 7.82. The summed E-state index contributed by atoms with van der Waals surface area (Å²) in [6.07, 6.45) is 3.39. The van der Waals surface area contributed by atoms with Crippen LogP contribution in [0.25, 0.3) is 10.2 Å². The van der Waals surface area contributed by atoms with Crippen LogP contribution < -0.4 is 0 Å². The van der Waals surface area contributed by atoms with Crippen LogP contribution in [-0.4, -0.2) is 9.97 Å². The van der Waals surface area contributed by atoms with Crippen molar-refractivity contribution in [2.45, 2.75) is 34.6 Å². The fourth-order valence-electron chi connectivity index (χ4n) is 0.714. The lowest BCUT2D eigenvalue weighted by Crippen LogP contribution is -1.71. The van der Waals surface area contributed by atoms with E-state index >= 15 is 0 Å². The zero-order chi connectivity index (χ0) is 11.7. The van der Waals surface area contributed by atoms with Crippen LogP contribution in [0.1, 0.15) is 34.6 Å². The van der Waals surface area contributed by atoms with Crippen molar-refractivity contribution in [1.29, 1.82) is 0 Å². The highest BCUT2D eigenvalue weighted by molar-refractivity contribution is 7.16. The Balaban J connectivity index is 0.000000282. The number of nitrogens with zero attached hydrogens (tertiary/aromatic N) is 2. The minimum atomic E-state index is 0.833. The molecule has 3 heteroatoms. The topological polar surface area (TPSA) is 25.8 Å². The summed E-state index contributed by atoms with van der Waals surface area (Å²) in [4.78, 5) is 8.99. The van der Waals surface area contributed by atoms with Crippen LogP contribution in [0.3, 0.4) is 0 Å². The fourth-order valence-corrected chi connectivity index (χ4v) is 1.42. The molecule has 0 radical (unpaired) electrons. The molecule has 0 fully saturated rings. The summed E-state index contributed by atoms with van der Waals surface area (Å²) >= 11 is 1.64. The Morgan fingerprint density at radius 3 is 2.33 bits per heavy atom. The lowest BCUT2D eigenvalue weighted by Gasteiger charge is -1.81. The summed E-state index contributed by atoms with van der Waals surface area (Å²) in [5.41, 5.74) is 0. The first-order valence-electron chi connectivity index (χ1n) is 5.33. The summed E-state index contributed by atoms with van der Waals surface area (Å²) in [7, 11) is 0. The first-order chi connectivity index (χ1) is 7.20. The number of hydrogen-bond acceptors (Lipinski definition) is 3. The number of hydrogen-bond donors (Lipinski definition) is 0. The average molecular weight is 224 g/mol. The third kappa shape index (κ3) is 6.18. The Morgan fingerprint density at radius 2 is 1.80 bits per heavy atom. The third-order valence-electron chi connectivity index (χ3n) is 1.13. The van der Waals surface area contributed by atoms with Gasteiger partial charge in [0.1, 0.15) is 11.2 Å². The third-order valence-corrected chi connectivity index (χ3v) is 1.97. The Hall–Kier alpha value is -0.960. The maximum atomic E-state index is 4.05. The van der Waals surface area contributed by atoms with Gasteiger partial charge < -0.3 is 0 Å². The van der Waals surface area contributed by atoms with E-state index in [1.54, 1.807) is 17.7 Å². The van der Waals surface area contributed by atoms with Crippen molar-refractivity contribution in [2.75, 3.05) is 0 Å². The van der Waals surface area contributed by atoms with Gasteiger partial charge in [0.25, 0.3) is 0 Å². The van der Waals surface area contributed by atoms with Gasteiger partial charge in [0, 0.05) is 11.6 Å². The second kappa shape index (κ2) is 8.36. The monoisotopic (exact) mass is 224 g/mol. The molecule has 2 aromatic rings. The molecule has 0 aliphatic rings. The molecule has 0 N–H and O–H groups in total. The van der Waals surface area contributed by atoms with E-state index in [1.165, 1.54) is 0 Å². The molecule has 0 aromatic carbocycles. The van der Waals surface area contributed by atoms with Crippen LogP contribution in [0.15, 0.2) is 24.0 Å².